The SMILES string of the molecule is [I][Cd][I].c1ccncc1.c1ccncc1.c1ccncc1.c1ccncc1.c1ccncc1. The molecule has 0 aliphatic rings. The minimum Gasteiger partial charge on any atom is -0.265 e. The van der Waals surface area contributed by atoms with Crippen molar-refractivity contribution in [1.29, 1.82) is 0 Å². The van der Waals surface area contributed by atoms with E-state index < -0.39 is 0 Å². The second kappa shape index (κ2) is 30.1. The van der Waals surface area contributed by atoms with Crippen LogP contribution in [0.3, 0.4) is 0 Å². The molecule has 0 radical (unpaired) electrons. The summed E-state index contributed by atoms with van der Waals surface area (Å²) in [6.45, 7) is 0. The van der Waals surface area contributed by atoms with Gasteiger partial charge in [0, 0.05) is 62.0 Å². The van der Waals surface area contributed by atoms with Crippen molar-refractivity contribution in [3.63, 3.8) is 0 Å². The van der Waals surface area contributed by atoms with Crippen molar-refractivity contribution in [2.24, 2.45) is 0 Å². The Balaban J connectivity index is 0.000000377. The summed E-state index contributed by atoms with van der Waals surface area (Å²) in [5, 5.41) is 0. The molecule has 0 aliphatic carbocycles. The standard InChI is InChI=1S/5C5H5N.Cd.2HI/c5*1-2-4-6-5-3-1;;;/h5*1-5H;;2*1H/q;;;;;+2;;/p-2. The topological polar surface area (TPSA) is 64.5 Å². The first-order chi connectivity index (χ1) is 16.4. The van der Waals surface area contributed by atoms with Gasteiger partial charge in [0.15, 0.2) is 0 Å². The predicted molar refractivity (Wildman–Crippen MR) is 149 cm³/mol. The first-order valence-corrected chi connectivity index (χ1v) is 33.3. The first kappa shape index (κ1) is 31.1. The molecule has 0 fully saturated rings. The van der Waals surface area contributed by atoms with Crippen molar-refractivity contribution in [2.75, 3.05) is 0 Å². The normalized spacial score (nSPS) is 7.58. The Kier molecular flexibility index (Phi) is 28.4. The molecule has 0 unspecified atom stereocenters. The van der Waals surface area contributed by atoms with Gasteiger partial charge in [0.05, 0.1) is 0 Å². The number of hydrogen-bond donors (Lipinski definition) is 0. The fourth-order valence-corrected chi connectivity index (χ4v) is 1.56. The maximum absolute atomic E-state index is 3.78. The van der Waals surface area contributed by atoms with E-state index in [9.17, 15) is 0 Å². The van der Waals surface area contributed by atoms with Crippen LogP contribution in [0.2, 0.25) is 0 Å². The third-order valence-corrected chi connectivity index (χ3v) is 2.83. The van der Waals surface area contributed by atoms with Gasteiger partial charge in [-0.1, -0.05) is 30.3 Å². The number of halogens is 2. The van der Waals surface area contributed by atoms with Crippen molar-refractivity contribution in [3.8, 4) is 0 Å². The van der Waals surface area contributed by atoms with Crippen LogP contribution in [0.4, 0.5) is 0 Å². The van der Waals surface area contributed by atoms with Crippen molar-refractivity contribution in [1.82, 2.24) is 24.9 Å². The molecule has 0 N–H and O–H groups in total. The van der Waals surface area contributed by atoms with Gasteiger partial charge in [0.2, 0.25) is 0 Å². The second-order valence-corrected chi connectivity index (χ2v) is 35.6. The van der Waals surface area contributed by atoms with E-state index in [1.54, 1.807) is 62.0 Å². The fraction of sp³-hybridized carbons (Fsp3) is 0. The van der Waals surface area contributed by atoms with Gasteiger partial charge in [-0.05, 0) is 60.7 Å². The summed E-state index contributed by atoms with van der Waals surface area (Å²) in [5.74, 6) is 0. The van der Waals surface area contributed by atoms with Crippen molar-refractivity contribution >= 4 is 35.5 Å². The van der Waals surface area contributed by atoms with E-state index in [0.717, 1.165) is 0 Å². The Morgan fingerprint density at radius 2 is 0.394 bits per heavy atom. The molecule has 5 aromatic heterocycles. The molecule has 5 aromatic rings. The molecular formula is C25H25CdI2N5. The van der Waals surface area contributed by atoms with Gasteiger partial charge in [-0.2, -0.15) is 0 Å². The third kappa shape index (κ3) is 30.1. The number of pyridine rings is 5. The summed E-state index contributed by atoms with van der Waals surface area (Å²) in [6, 6.07) is 28.6. The molecule has 166 valence electrons. The third-order valence-electron chi connectivity index (χ3n) is 2.83. The number of rotatable bonds is 0. The molecule has 0 aliphatic heterocycles. The number of hydrogen-bond acceptors (Lipinski definition) is 5. The summed E-state index contributed by atoms with van der Waals surface area (Å²) < 4.78 is 0. The Morgan fingerprint density at radius 1 is 0.273 bits per heavy atom. The van der Waals surface area contributed by atoms with Crippen LogP contribution < -0.4 is 0 Å². The van der Waals surface area contributed by atoms with Crippen LogP contribution in [0.1, 0.15) is 0 Å². The molecule has 5 rings (SSSR count). The summed E-state index contributed by atoms with van der Waals surface area (Å²) in [6.07, 6.45) is 17.5. The Hall–Kier alpha value is -1.87. The maximum atomic E-state index is 3.78. The molecule has 0 spiro atoms. The van der Waals surface area contributed by atoms with Crippen LogP contribution in [0, 0.1) is 0 Å². The number of aromatic nitrogens is 5. The molecule has 5 heterocycles. The average Bonchev–Trinajstić information content (AvgIpc) is 2.95. The molecule has 0 amide bonds. The zero-order valence-electron chi connectivity index (χ0n) is 18.1. The predicted octanol–water partition coefficient (Wildman–Crippen LogP) is 7.18. The van der Waals surface area contributed by atoms with Crippen LogP contribution in [0.25, 0.3) is 0 Å². The van der Waals surface area contributed by atoms with Crippen LogP contribution >= 0.6 is 35.5 Å². The van der Waals surface area contributed by atoms with E-state index in [4.69, 9.17) is 0 Å². The Morgan fingerprint density at radius 3 is 0.424 bits per heavy atom. The second-order valence-electron chi connectivity index (χ2n) is 5.22. The zero-order chi connectivity index (χ0) is 23.9. The van der Waals surface area contributed by atoms with E-state index in [0.29, 0.717) is 0 Å². The Bertz CT molecular complexity index is 595. The van der Waals surface area contributed by atoms with E-state index in [2.05, 4.69) is 60.4 Å². The van der Waals surface area contributed by atoms with E-state index in [1.807, 2.05) is 91.0 Å². The van der Waals surface area contributed by atoms with Gasteiger partial charge in [0.1, 0.15) is 0 Å². The molecular weight excluding hydrogens is 737 g/mol. The van der Waals surface area contributed by atoms with Crippen LogP contribution in [0.5, 0.6) is 0 Å². The van der Waals surface area contributed by atoms with Crippen molar-refractivity contribution < 1.29 is 15.6 Å². The Labute approximate surface area is 226 Å². The van der Waals surface area contributed by atoms with Gasteiger partial charge in [0.25, 0.3) is 0 Å². The molecule has 0 aromatic carbocycles. The summed E-state index contributed by atoms with van der Waals surface area (Å²) >= 11 is 4.90. The maximum Gasteiger partial charge on any atom is 0.0267 e. The van der Waals surface area contributed by atoms with Crippen molar-refractivity contribution in [2.45, 2.75) is 0 Å². The zero-order valence-corrected chi connectivity index (χ0v) is 26.5. The minimum atomic E-state index is -0.0700. The summed E-state index contributed by atoms with van der Waals surface area (Å²) in [5.41, 5.74) is 0. The van der Waals surface area contributed by atoms with Gasteiger partial charge >= 0.3 is 51.2 Å². The first-order valence-electron chi connectivity index (χ1n) is 9.78. The van der Waals surface area contributed by atoms with Crippen LogP contribution in [-0.2, 0) is 15.6 Å². The van der Waals surface area contributed by atoms with E-state index >= 15 is 0 Å². The summed E-state index contributed by atoms with van der Waals surface area (Å²) in [4.78, 5) is 18.9. The van der Waals surface area contributed by atoms with Gasteiger partial charge < -0.3 is 0 Å². The average molecular weight is 762 g/mol. The quantitative estimate of drug-likeness (QED) is 0.124. The number of nitrogens with zero attached hydrogens (tertiary/aromatic N) is 5. The molecule has 0 saturated carbocycles. The molecule has 5 nitrogen and oxygen atoms in total. The molecule has 8 heteroatoms. The van der Waals surface area contributed by atoms with Crippen molar-refractivity contribution in [3.05, 3.63) is 153 Å². The van der Waals surface area contributed by atoms with Gasteiger partial charge in [-0.15, -0.1) is 0 Å². The largest absolute Gasteiger partial charge is 0.265 e. The molecule has 0 atom stereocenters. The minimum absolute atomic E-state index is 0.0700. The smallest absolute Gasteiger partial charge is 0.0267 e. The van der Waals surface area contributed by atoms with E-state index in [-0.39, 0.29) is 15.6 Å². The monoisotopic (exact) mass is 763 g/mol. The molecule has 0 bridgehead atoms. The van der Waals surface area contributed by atoms with Crippen LogP contribution in [-0.4, -0.2) is 24.9 Å². The van der Waals surface area contributed by atoms with E-state index in [1.165, 1.54) is 0 Å². The van der Waals surface area contributed by atoms with Gasteiger partial charge in [-0.3, -0.25) is 24.9 Å². The summed E-state index contributed by atoms with van der Waals surface area (Å²) in [7, 11) is 0. The fourth-order valence-electron chi connectivity index (χ4n) is 1.56. The molecule has 33 heavy (non-hydrogen) atoms. The molecule has 0 saturated heterocycles. The van der Waals surface area contributed by atoms with Crippen LogP contribution in [0.15, 0.2) is 153 Å². The van der Waals surface area contributed by atoms with Gasteiger partial charge in [-0.25, -0.2) is 0 Å².